The molecular formula is C20H20Cl2N4OS. The SMILES string of the molecule is O=C(CN1CCN(Cc2ccc(Cl)c(Cl)c2)CC1)Nc1nc2ccccc2s1. The Labute approximate surface area is 177 Å². The van der Waals surface area contributed by atoms with Gasteiger partial charge in [-0.05, 0) is 29.8 Å². The Morgan fingerprint density at radius 1 is 1.04 bits per heavy atom. The maximum Gasteiger partial charge on any atom is 0.240 e. The van der Waals surface area contributed by atoms with Crippen molar-refractivity contribution in [2.24, 2.45) is 0 Å². The number of fused-ring (bicyclic) bond motifs is 1. The van der Waals surface area contributed by atoms with Gasteiger partial charge in [0.25, 0.3) is 0 Å². The van der Waals surface area contributed by atoms with Gasteiger partial charge in [-0.2, -0.15) is 0 Å². The van der Waals surface area contributed by atoms with Gasteiger partial charge >= 0.3 is 0 Å². The van der Waals surface area contributed by atoms with E-state index >= 15 is 0 Å². The number of carbonyl (C=O) groups excluding carboxylic acids is 1. The van der Waals surface area contributed by atoms with Crippen molar-refractivity contribution in [3.8, 4) is 0 Å². The summed E-state index contributed by atoms with van der Waals surface area (Å²) < 4.78 is 1.08. The Kier molecular flexibility index (Phi) is 6.13. The number of carbonyl (C=O) groups is 1. The summed E-state index contributed by atoms with van der Waals surface area (Å²) in [5.41, 5.74) is 2.06. The van der Waals surface area contributed by atoms with Crippen LogP contribution in [0.3, 0.4) is 0 Å². The number of rotatable bonds is 5. The first kappa shape index (κ1) is 19.6. The zero-order chi connectivity index (χ0) is 19.5. The van der Waals surface area contributed by atoms with Crippen LogP contribution in [0.5, 0.6) is 0 Å². The maximum absolute atomic E-state index is 12.4. The number of amides is 1. The van der Waals surface area contributed by atoms with E-state index in [2.05, 4.69) is 20.1 Å². The lowest BCUT2D eigenvalue weighted by atomic mass is 10.2. The topological polar surface area (TPSA) is 48.5 Å². The van der Waals surface area contributed by atoms with Crippen molar-refractivity contribution in [3.63, 3.8) is 0 Å². The monoisotopic (exact) mass is 434 g/mol. The maximum atomic E-state index is 12.4. The van der Waals surface area contributed by atoms with Gasteiger partial charge in [-0.15, -0.1) is 0 Å². The van der Waals surface area contributed by atoms with Crippen molar-refractivity contribution in [1.82, 2.24) is 14.8 Å². The molecule has 1 amide bonds. The van der Waals surface area contributed by atoms with Crippen LogP contribution >= 0.6 is 34.5 Å². The molecule has 1 saturated heterocycles. The molecule has 3 aromatic rings. The van der Waals surface area contributed by atoms with Gasteiger partial charge in [-0.3, -0.25) is 14.6 Å². The lowest BCUT2D eigenvalue weighted by Crippen LogP contribution is -2.48. The molecule has 1 aliphatic heterocycles. The number of anilines is 1. The van der Waals surface area contributed by atoms with Crippen LogP contribution in [0.2, 0.25) is 10.0 Å². The number of benzene rings is 2. The fourth-order valence-corrected chi connectivity index (χ4v) is 4.49. The molecular weight excluding hydrogens is 415 g/mol. The average molecular weight is 435 g/mol. The summed E-state index contributed by atoms with van der Waals surface area (Å²) in [4.78, 5) is 21.4. The van der Waals surface area contributed by atoms with Crippen molar-refractivity contribution in [2.75, 3.05) is 38.0 Å². The van der Waals surface area contributed by atoms with Crippen molar-refractivity contribution in [3.05, 3.63) is 58.1 Å². The van der Waals surface area contributed by atoms with Gasteiger partial charge in [-0.25, -0.2) is 4.98 Å². The van der Waals surface area contributed by atoms with Crippen LogP contribution in [0.25, 0.3) is 10.2 Å². The smallest absolute Gasteiger partial charge is 0.240 e. The molecule has 1 aliphatic rings. The zero-order valence-corrected chi connectivity index (χ0v) is 17.5. The van der Waals surface area contributed by atoms with E-state index in [1.54, 1.807) is 0 Å². The minimum atomic E-state index is -0.0167. The number of thiazole rings is 1. The Morgan fingerprint density at radius 3 is 2.54 bits per heavy atom. The second-order valence-electron chi connectivity index (χ2n) is 6.84. The highest BCUT2D eigenvalue weighted by Crippen LogP contribution is 2.25. The molecule has 1 N–H and O–H groups in total. The molecule has 0 radical (unpaired) electrons. The number of hydrogen-bond donors (Lipinski definition) is 1. The first-order chi connectivity index (χ1) is 13.6. The number of aromatic nitrogens is 1. The van der Waals surface area contributed by atoms with Gasteiger partial charge in [0.1, 0.15) is 0 Å². The second kappa shape index (κ2) is 8.76. The fraction of sp³-hybridized carbons (Fsp3) is 0.300. The quantitative estimate of drug-likeness (QED) is 0.647. The molecule has 0 saturated carbocycles. The summed E-state index contributed by atoms with van der Waals surface area (Å²) in [7, 11) is 0. The van der Waals surface area contributed by atoms with E-state index in [0.29, 0.717) is 21.7 Å². The van der Waals surface area contributed by atoms with Crippen LogP contribution in [0.1, 0.15) is 5.56 Å². The van der Waals surface area contributed by atoms with Gasteiger partial charge in [0.15, 0.2) is 5.13 Å². The minimum absolute atomic E-state index is 0.0167. The number of halogens is 2. The third-order valence-corrected chi connectivity index (χ3v) is 6.45. The molecule has 8 heteroatoms. The molecule has 0 aliphatic carbocycles. The largest absolute Gasteiger partial charge is 0.301 e. The standard InChI is InChI=1S/C20H20Cl2N4OS/c21-15-6-5-14(11-16(15)22)12-25-7-9-26(10-8-25)13-19(27)24-20-23-17-3-1-2-4-18(17)28-20/h1-6,11H,7-10,12-13H2,(H,23,24,27). The van der Waals surface area contributed by atoms with E-state index in [1.165, 1.54) is 11.3 Å². The van der Waals surface area contributed by atoms with Gasteiger partial charge in [0.2, 0.25) is 5.91 Å². The summed E-state index contributed by atoms with van der Waals surface area (Å²) in [6.45, 7) is 4.76. The minimum Gasteiger partial charge on any atom is -0.301 e. The molecule has 0 bridgehead atoms. The Hall–Kier alpha value is -1.70. The second-order valence-corrected chi connectivity index (χ2v) is 8.68. The molecule has 146 valence electrons. The zero-order valence-electron chi connectivity index (χ0n) is 15.2. The van der Waals surface area contributed by atoms with Gasteiger partial charge in [-0.1, -0.05) is 52.7 Å². The molecule has 2 aromatic carbocycles. The molecule has 1 fully saturated rings. The van der Waals surface area contributed by atoms with Crippen molar-refractivity contribution in [1.29, 1.82) is 0 Å². The van der Waals surface area contributed by atoms with Gasteiger partial charge < -0.3 is 5.32 Å². The summed E-state index contributed by atoms with van der Waals surface area (Å²) in [6.07, 6.45) is 0. The van der Waals surface area contributed by atoms with Gasteiger partial charge in [0, 0.05) is 32.7 Å². The highest BCUT2D eigenvalue weighted by Gasteiger charge is 2.20. The predicted molar refractivity (Wildman–Crippen MR) is 116 cm³/mol. The Bertz CT molecular complexity index is 952. The van der Waals surface area contributed by atoms with E-state index in [0.717, 1.165) is 48.5 Å². The lowest BCUT2D eigenvalue weighted by Gasteiger charge is -2.34. The third kappa shape index (κ3) is 4.82. The summed E-state index contributed by atoms with van der Waals surface area (Å²) in [6, 6.07) is 13.6. The molecule has 0 atom stereocenters. The third-order valence-electron chi connectivity index (χ3n) is 4.76. The number of hydrogen-bond acceptors (Lipinski definition) is 5. The van der Waals surface area contributed by atoms with Crippen LogP contribution in [-0.2, 0) is 11.3 Å². The predicted octanol–water partition coefficient (Wildman–Crippen LogP) is 4.36. The number of piperazine rings is 1. The highest BCUT2D eigenvalue weighted by atomic mass is 35.5. The summed E-state index contributed by atoms with van der Waals surface area (Å²) in [5, 5.41) is 4.75. The summed E-state index contributed by atoms with van der Waals surface area (Å²) in [5.74, 6) is -0.0167. The average Bonchev–Trinajstić information content (AvgIpc) is 3.08. The van der Waals surface area contributed by atoms with Crippen molar-refractivity contribution < 1.29 is 4.79 Å². The van der Waals surface area contributed by atoms with Crippen LogP contribution in [0, 0.1) is 0 Å². The fourth-order valence-electron chi connectivity index (χ4n) is 3.29. The van der Waals surface area contributed by atoms with Crippen LogP contribution in [-0.4, -0.2) is 53.4 Å². The van der Waals surface area contributed by atoms with Gasteiger partial charge in [0.05, 0.1) is 26.8 Å². The molecule has 0 spiro atoms. The number of nitrogens with one attached hydrogen (secondary N) is 1. The number of para-hydroxylation sites is 1. The van der Waals surface area contributed by atoms with E-state index in [1.807, 2.05) is 42.5 Å². The normalized spacial score (nSPS) is 15.8. The first-order valence-electron chi connectivity index (χ1n) is 9.11. The molecule has 4 rings (SSSR count). The Morgan fingerprint density at radius 2 is 1.79 bits per heavy atom. The molecule has 0 unspecified atom stereocenters. The lowest BCUT2D eigenvalue weighted by molar-refractivity contribution is -0.117. The van der Waals surface area contributed by atoms with Crippen molar-refractivity contribution in [2.45, 2.75) is 6.54 Å². The molecule has 1 aromatic heterocycles. The molecule has 28 heavy (non-hydrogen) atoms. The van der Waals surface area contributed by atoms with Crippen LogP contribution in [0.15, 0.2) is 42.5 Å². The van der Waals surface area contributed by atoms with E-state index in [4.69, 9.17) is 23.2 Å². The van der Waals surface area contributed by atoms with Crippen LogP contribution in [0.4, 0.5) is 5.13 Å². The van der Waals surface area contributed by atoms with Crippen molar-refractivity contribution >= 4 is 55.8 Å². The summed E-state index contributed by atoms with van der Waals surface area (Å²) >= 11 is 13.6. The van der Waals surface area contributed by atoms with E-state index in [9.17, 15) is 4.79 Å². The molecule has 2 heterocycles. The molecule has 5 nitrogen and oxygen atoms in total. The van der Waals surface area contributed by atoms with E-state index < -0.39 is 0 Å². The highest BCUT2D eigenvalue weighted by molar-refractivity contribution is 7.22. The van der Waals surface area contributed by atoms with E-state index in [-0.39, 0.29) is 5.91 Å². The number of nitrogens with zero attached hydrogens (tertiary/aromatic N) is 3. The van der Waals surface area contributed by atoms with Crippen LogP contribution < -0.4 is 5.32 Å². The first-order valence-corrected chi connectivity index (χ1v) is 10.7. The Balaban J connectivity index is 1.25.